The van der Waals surface area contributed by atoms with Crippen LogP contribution >= 0.6 is 11.8 Å². The van der Waals surface area contributed by atoms with Gasteiger partial charge >= 0.3 is 0 Å². The highest BCUT2D eigenvalue weighted by molar-refractivity contribution is 7.99. The second-order valence-electron chi connectivity index (χ2n) is 7.89. The molecule has 2 aliphatic rings. The largest absolute Gasteiger partial charge is 0.383 e. The number of methoxy groups -OCH3 is 1. The van der Waals surface area contributed by atoms with Gasteiger partial charge in [0.25, 0.3) is 0 Å². The zero-order valence-corrected chi connectivity index (χ0v) is 17.4. The number of nitrogens with zero attached hydrogens (tertiary/aromatic N) is 4. The number of aryl methyl sites for hydroxylation is 1. The first kappa shape index (κ1) is 18.7. The molecule has 2 saturated carbocycles. The van der Waals surface area contributed by atoms with E-state index in [0.717, 1.165) is 27.9 Å². The van der Waals surface area contributed by atoms with Crippen LogP contribution in [-0.4, -0.2) is 44.6 Å². The smallest absolute Gasteiger partial charge is 0.191 e. The molecule has 0 unspecified atom stereocenters. The quantitative estimate of drug-likeness (QED) is 0.478. The number of Topliss-reactive ketones (excluding diaryl/α,β-unsaturated/α-hetero) is 1. The summed E-state index contributed by atoms with van der Waals surface area (Å²) in [5, 5.41) is 9.75. The fourth-order valence-corrected chi connectivity index (χ4v) is 4.84. The maximum absolute atomic E-state index is 12.9. The molecule has 0 N–H and O–H groups in total. The molecule has 7 heteroatoms. The molecule has 27 heavy (non-hydrogen) atoms. The molecule has 0 bridgehead atoms. The van der Waals surface area contributed by atoms with E-state index in [2.05, 4.69) is 33.2 Å². The van der Waals surface area contributed by atoms with Gasteiger partial charge in [0.05, 0.1) is 18.4 Å². The number of aromatic nitrogens is 4. The Bertz CT molecular complexity index is 849. The van der Waals surface area contributed by atoms with Crippen molar-refractivity contribution in [3.63, 3.8) is 0 Å². The Morgan fingerprint density at radius 1 is 1.30 bits per heavy atom. The summed E-state index contributed by atoms with van der Waals surface area (Å²) >= 11 is 1.53. The van der Waals surface area contributed by atoms with Crippen LogP contribution in [0, 0.1) is 13.8 Å². The summed E-state index contributed by atoms with van der Waals surface area (Å²) in [6.07, 6.45) is 4.86. The molecule has 0 aliphatic heterocycles. The van der Waals surface area contributed by atoms with Gasteiger partial charge in [-0.15, -0.1) is 10.2 Å². The van der Waals surface area contributed by atoms with E-state index in [-0.39, 0.29) is 11.8 Å². The van der Waals surface area contributed by atoms with E-state index in [9.17, 15) is 4.79 Å². The lowest BCUT2D eigenvalue weighted by Crippen LogP contribution is -2.15. The van der Waals surface area contributed by atoms with Crippen LogP contribution in [0.3, 0.4) is 0 Å². The zero-order chi connectivity index (χ0) is 19.1. The summed E-state index contributed by atoms with van der Waals surface area (Å²) in [6.45, 7) is 6.82. The van der Waals surface area contributed by atoms with Crippen LogP contribution in [-0.2, 0) is 4.74 Å². The molecule has 2 aromatic heterocycles. The number of thioether (sulfide) groups is 1. The molecule has 4 rings (SSSR count). The third-order valence-electron chi connectivity index (χ3n) is 5.51. The van der Waals surface area contributed by atoms with Crippen LogP contribution in [0.25, 0.3) is 0 Å². The second-order valence-corrected chi connectivity index (χ2v) is 8.83. The molecular weight excluding hydrogens is 360 g/mol. The molecule has 0 aromatic carbocycles. The van der Waals surface area contributed by atoms with Gasteiger partial charge < -0.3 is 13.9 Å². The van der Waals surface area contributed by atoms with Gasteiger partial charge in [-0.2, -0.15) is 0 Å². The molecule has 0 amide bonds. The maximum atomic E-state index is 12.9. The van der Waals surface area contributed by atoms with Crippen molar-refractivity contribution in [1.29, 1.82) is 0 Å². The monoisotopic (exact) mass is 388 g/mol. The number of ether oxygens (including phenoxy) is 1. The van der Waals surface area contributed by atoms with Crippen LogP contribution in [0.2, 0.25) is 0 Å². The third-order valence-corrected chi connectivity index (χ3v) is 6.45. The predicted octanol–water partition coefficient (Wildman–Crippen LogP) is 4.09. The Labute approximate surface area is 164 Å². The van der Waals surface area contributed by atoms with Crippen LogP contribution in [0.15, 0.2) is 11.2 Å². The highest BCUT2D eigenvalue weighted by atomic mass is 32.2. The maximum Gasteiger partial charge on any atom is 0.191 e. The minimum absolute atomic E-state index is 0.155. The Morgan fingerprint density at radius 3 is 2.67 bits per heavy atom. The fraction of sp³-hybridized carbons (Fsp3) is 0.650. The molecular formula is C20H28N4O2S. The number of hydrogen-bond donors (Lipinski definition) is 0. The summed E-state index contributed by atoms with van der Waals surface area (Å²) < 4.78 is 9.78. The van der Waals surface area contributed by atoms with Crippen LogP contribution < -0.4 is 0 Å². The molecule has 2 fully saturated rings. The van der Waals surface area contributed by atoms with Gasteiger partial charge in [0, 0.05) is 36.0 Å². The molecule has 0 spiro atoms. The van der Waals surface area contributed by atoms with Gasteiger partial charge in [-0.05, 0) is 52.5 Å². The zero-order valence-electron chi connectivity index (χ0n) is 16.6. The first-order valence-electron chi connectivity index (χ1n) is 9.79. The summed E-state index contributed by atoms with van der Waals surface area (Å²) in [6, 6.07) is 2.77. The number of hydrogen-bond acceptors (Lipinski definition) is 5. The minimum atomic E-state index is 0.155. The van der Waals surface area contributed by atoms with E-state index in [4.69, 9.17) is 4.74 Å². The average molecular weight is 389 g/mol. The number of ketones is 1. The second kappa shape index (κ2) is 7.43. The lowest BCUT2D eigenvalue weighted by Gasteiger charge is -2.17. The third kappa shape index (κ3) is 3.72. The van der Waals surface area contributed by atoms with Crippen molar-refractivity contribution < 1.29 is 9.53 Å². The minimum Gasteiger partial charge on any atom is -0.383 e. The van der Waals surface area contributed by atoms with E-state index in [0.29, 0.717) is 24.3 Å². The standard InChI is InChI=1S/C20H28N4O2S/c1-12-9-17(14(3)23(12)13(2)10-26-4)18(25)11-27-20-22-21-19(15-5-6-15)24(20)16-7-8-16/h9,13,15-16H,5-8,10-11H2,1-4H3/t13-/m1/s1. The van der Waals surface area contributed by atoms with Gasteiger partial charge in [0.15, 0.2) is 10.9 Å². The van der Waals surface area contributed by atoms with Crippen molar-refractivity contribution in [2.75, 3.05) is 19.5 Å². The van der Waals surface area contributed by atoms with E-state index < -0.39 is 0 Å². The topological polar surface area (TPSA) is 61.9 Å². The molecule has 0 saturated heterocycles. The highest BCUT2D eigenvalue weighted by Crippen LogP contribution is 2.46. The first-order chi connectivity index (χ1) is 13.0. The molecule has 146 valence electrons. The van der Waals surface area contributed by atoms with Crippen molar-refractivity contribution in [3.8, 4) is 0 Å². The normalized spacial score (nSPS) is 18.1. The Balaban J connectivity index is 1.48. The Morgan fingerprint density at radius 2 is 2.04 bits per heavy atom. The van der Waals surface area contributed by atoms with Crippen LogP contribution in [0.1, 0.15) is 78.2 Å². The van der Waals surface area contributed by atoms with Crippen LogP contribution in [0.4, 0.5) is 0 Å². The molecule has 2 aromatic rings. The van der Waals surface area contributed by atoms with Crippen molar-refractivity contribution in [1.82, 2.24) is 19.3 Å². The Kier molecular flexibility index (Phi) is 5.16. The first-order valence-corrected chi connectivity index (χ1v) is 10.8. The molecule has 1 atom stereocenters. The van der Waals surface area contributed by atoms with Gasteiger partial charge in [-0.1, -0.05) is 11.8 Å². The fourth-order valence-electron chi connectivity index (χ4n) is 3.94. The lowest BCUT2D eigenvalue weighted by atomic mass is 10.2. The van der Waals surface area contributed by atoms with Crippen molar-refractivity contribution in [3.05, 3.63) is 28.8 Å². The summed E-state index contributed by atoms with van der Waals surface area (Å²) in [4.78, 5) is 12.9. The summed E-state index contributed by atoms with van der Waals surface area (Å²) in [5.41, 5.74) is 2.93. The summed E-state index contributed by atoms with van der Waals surface area (Å²) in [7, 11) is 1.71. The number of rotatable bonds is 9. The molecule has 6 nitrogen and oxygen atoms in total. The van der Waals surface area contributed by atoms with Crippen molar-refractivity contribution in [2.24, 2.45) is 0 Å². The molecule has 0 radical (unpaired) electrons. The Hall–Kier alpha value is -1.60. The van der Waals surface area contributed by atoms with E-state index in [1.165, 1.54) is 37.4 Å². The summed E-state index contributed by atoms with van der Waals surface area (Å²) in [5.74, 6) is 2.28. The lowest BCUT2D eigenvalue weighted by molar-refractivity contribution is 0.102. The highest BCUT2D eigenvalue weighted by Gasteiger charge is 2.36. The average Bonchev–Trinajstić information content (AvgIpc) is 3.56. The number of carbonyl (C=O) groups is 1. The number of carbonyl (C=O) groups excluding carboxylic acids is 1. The molecule has 2 heterocycles. The van der Waals surface area contributed by atoms with Crippen molar-refractivity contribution in [2.45, 2.75) is 69.6 Å². The van der Waals surface area contributed by atoms with Crippen molar-refractivity contribution >= 4 is 17.5 Å². The van der Waals surface area contributed by atoms with E-state index in [1.807, 2.05) is 13.0 Å². The van der Waals surface area contributed by atoms with Gasteiger partial charge in [0.2, 0.25) is 0 Å². The van der Waals surface area contributed by atoms with Gasteiger partial charge in [0.1, 0.15) is 5.82 Å². The SMILES string of the molecule is COC[C@@H](C)n1c(C)cc(C(=O)CSc2nnc(C3CC3)n2C2CC2)c1C. The van der Waals surface area contributed by atoms with E-state index in [1.54, 1.807) is 7.11 Å². The van der Waals surface area contributed by atoms with Gasteiger partial charge in [-0.3, -0.25) is 4.79 Å². The van der Waals surface area contributed by atoms with E-state index >= 15 is 0 Å². The molecule has 2 aliphatic carbocycles. The predicted molar refractivity (Wildman–Crippen MR) is 106 cm³/mol. The van der Waals surface area contributed by atoms with Gasteiger partial charge in [-0.25, -0.2) is 0 Å². The van der Waals surface area contributed by atoms with Crippen LogP contribution in [0.5, 0.6) is 0 Å².